The third-order valence-electron chi connectivity index (χ3n) is 8.43. The number of hydrogen-bond acceptors (Lipinski definition) is 9. The second kappa shape index (κ2) is 13.4. The molecule has 2 fully saturated rings. The van der Waals surface area contributed by atoms with Crippen molar-refractivity contribution in [2.24, 2.45) is 5.92 Å². The van der Waals surface area contributed by atoms with Crippen LogP contribution >= 0.6 is 0 Å². The number of aliphatic carboxylic acids is 1. The molecular formula is C31H41N7O5. The second-order valence-corrected chi connectivity index (χ2v) is 11.0. The Kier molecular flexibility index (Phi) is 9.46. The molecule has 1 aromatic heterocycles. The summed E-state index contributed by atoms with van der Waals surface area (Å²) in [5.41, 5.74) is 9.00. The van der Waals surface area contributed by atoms with E-state index in [1.165, 1.54) is 6.33 Å². The highest BCUT2D eigenvalue weighted by molar-refractivity contribution is 5.93. The molecule has 0 aliphatic carbocycles. The summed E-state index contributed by atoms with van der Waals surface area (Å²) < 4.78 is 13.6. The van der Waals surface area contributed by atoms with E-state index < -0.39 is 18.2 Å². The van der Waals surface area contributed by atoms with Crippen LogP contribution in [0.2, 0.25) is 0 Å². The number of allylic oxidation sites excluding steroid dienone is 1. The van der Waals surface area contributed by atoms with Crippen molar-refractivity contribution in [1.29, 1.82) is 0 Å². The molecule has 12 nitrogen and oxygen atoms in total. The molecule has 5 rings (SSSR count). The number of rotatable bonds is 10. The number of ether oxygens (including phenoxy) is 2. The first-order valence-electron chi connectivity index (χ1n) is 14.9. The van der Waals surface area contributed by atoms with Crippen LogP contribution in [-0.2, 0) is 14.3 Å². The largest absolute Gasteiger partial charge is 0.478 e. The van der Waals surface area contributed by atoms with Crippen LogP contribution in [0.1, 0.15) is 51.2 Å². The summed E-state index contributed by atoms with van der Waals surface area (Å²) in [6.07, 6.45) is 6.85. The van der Waals surface area contributed by atoms with E-state index in [4.69, 9.17) is 15.2 Å². The Hall–Kier alpha value is -4.16. The maximum atomic E-state index is 12.2. The van der Waals surface area contributed by atoms with Crippen molar-refractivity contribution in [1.82, 2.24) is 20.2 Å². The first-order valence-corrected chi connectivity index (χ1v) is 14.9. The lowest BCUT2D eigenvalue weighted by atomic mass is 9.84. The molecule has 0 bridgehead atoms. The molecule has 5 N–H and O–H groups in total. The molecule has 4 unspecified atom stereocenters. The number of carboxylic acids is 1. The Morgan fingerprint density at radius 3 is 2.67 bits per heavy atom. The summed E-state index contributed by atoms with van der Waals surface area (Å²) in [6, 6.07) is 9.79. The number of benzene rings is 1. The highest BCUT2D eigenvalue weighted by Gasteiger charge is 2.51. The molecule has 1 aromatic carbocycles. The molecule has 43 heavy (non-hydrogen) atoms. The van der Waals surface area contributed by atoms with Crippen molar-refractivity contribution in [2.75, 3.05) is 42.6 Å². The molecule has 2 amide bonds. The fraction of sp³-hybridized carbons (Fsp3) is 0.484. The number of likely N-dealkylation sites (N-methyl/N-ethyl adjacent to an activating group) is 2. The van der Waals surface area contributed by atoms with E-state index in [9.17, 15) is 14.7 Å². The van der Waals surface area contributed by atoms with Crippen LogP contribution in [0.25, 0.3) is 0 Å². The van der Waals surface area contributed by atoms with Crippen LogP contribution in [0.15, 0.2) is 60.1 Å². The van der Waals surface area contributed by atoms with Crippen molar-refractivity contribution in [3.05, 3.63) is 65.6 Å². The molecule has 4 heterocycles. The monoisotopic (exact) mass is 591 g/mol. The number of carbonyl (C=O) groups excluding carboxylic acids is 1. The van der Waals surface area contributed by atoms with E-state index in [2.05, 4.69) is 32.7 Å². The zero-order chi connectivity index (χ0) is 30.5. The summed E-state index contributed by atoms with van der Waals surface area (Å²) in [7, 11) is 1.92. The molecule has 3 aliphatic heterocycles. The summed E-state index contributed by atoms with van der Waals surface area (Å²) in [6.45, 7) is 5.46. The van der Waals surface area contributed by atoms with Crippen LogP contribution in [0.5, 0.6) is 0 Å². The Balaban J connectivity index is 1.44. The highest BCUT2D eigenvalue weighted by Crippen LogP contribution is 2.46. The number of anilines is 3. The number of carboxylic acid groups (broad SMARTS) is 1. The van der Waals surface area contributed by atoms with E-state index in [1.54, 1.807) is 6.08 Å². The third-order valence-corrected chi connectivity index (χ3v) is 8.43. The zero-order valence-electron chi connectivity index (χ0n) is 24.9. The normalized spacial score (nSPS) is 24.9. The van der Waals surface area contributed by atoms with Crippen molar-refractivity contribution in [3.63, 3.8) is 0 Å². The first kappa shape index (κ1) is 30.3. The molecule has 230 valence electrons. The molecule has 2 saturated heterocycles. The average molecular weight is 592 g/mol. The van der Waals surface area contributed by atoms with Gasteiger partial charge in [0, 0.05) is 38.3 Å². The van der Waals surface area contributed by atoms with E-state index in [0.29, 0.717) is 43.9 Å². The standard InChI is InChI=1S/C31H41N7O5/c1-4-33-31(41)36-27-25(32)28(35-18-34-27)38(5-2)29-26-21(13-15-23(42-26)19-10-7-6-8-11-19)24(43-29)16-14-22-20(30(39)40)12-9-17-37(22)3/h6-12,18,21,23-24,26,29H,4-5,13-17,32H2,1-3H3,(H,39,40)(H2,33,34,35,36,41)/t21?,23-,24?,26?,29?/m1/s1. The topological polar surface area (TPSA) is 155 Å². The fourth-order valence-corrected chi connectivity index (χ4v) is 6.36. The minimum absolute atomic E-state index is 0.0837. The van der Waals surface area contributed by atoms with Crippen molar-refractivity contribution >= 4 is 29.3 Å². The molecule has 12 heteroatoms. The third kappa shape index (κ3) is 6.45. The van der Waals surface area contributed by atoms with Gasteiger partial charge in [-0.05, 0) is 51.2 Å². The number of aromatic nitrogens is 2. The van der Waals surface area contributed by atoms with Crippen LogP contribution in [0.4, 0.5) is 22.1 Å². The molecule has 2 aromatic rings. The van der Waals surface area contributed by atoms with Gasteiger partial charge in [0.2, 0.25) is 0 Å². The summed E-state index contributed by atoms with van der Waals surface area (Å²) >= 11 is 0. The molecule has 0 saturated carbocycles. The summed E-state index contributed by atoms with van der Waals surface area (Å²) in [5, 5.41) is 15.2. The van der Waals surface area contributed by atoms with Gasteiger partial charge < -0.3 is 35.4 Å². The Labute approximate surface area is 251 Å². The number of hydrogen-bond donors (Lipinski definition) is 4. The zero-order valence-corrected chi connectivity index (χ0v) is 24.9. The maximum Gasteiger partial charge on any atom is 0.337 e. The Bertz CT molecular complexity index is 1370. The van der Waals surface area contributed by atoms with E-state index in [-0.39, 0.29) is 35.7 Å². The fourth-order valence-electron chi connectivity index (χ4n) is 6.36. The SMILES string of the molecule is CCNC(=O)Nc1ncnc(N(CC)C2OC(CCC3=C(C(=O)O)C=CCN3C)C3CC[C@H](c4ccccc4)OC32)c1N. The number of fused-ring (bicyclic) bond motifs is 1. The van der Waals surface area contributed by atoms with E-state index in [1.807, 2.05) is 55.0 Å². The predicted octanol–water partition coefficient (Wildman–Crippen LogP) is 3.91. The number of nitrogen functional groups attached to an aromatic ring is 1. The number of urea groups is 1. The average Bonchev–Trinajstić information content (AvgIpc) is 3.36. The molecule has 0 radical (unpaired) electrons. The van der Waals surface area contributed by atoms with Crippen LogP contribution in [0.3, 0.4) is 0 Å². The molecule has 0 spiro atoms. The Morgan fingerprint density at radius 1 is 1.16 bits per heavy atom. The van der Waals surface area contributed by atoms with Gasteiger partial charge in [-0.1, -0.05) is 36.4 Å². The van der Waals surface area contributed by atoms with Gasteiger partial charge in [0.25, 0.3) is 0 Å². The van der Waals surface area contributed by atoms with Gasteiger partial charge in [-0.25, -0.2) is 19.6 Å². The van der Waals surface area contributed by atoms with E-state index in [0.717, 1.165) is 24.1 Å². The minimum Gasteiger partial charge on any atom is -0.478 e. The lowest BCUT2D eigenvalue weighted by Gasteiger charge is -2.38. The van der Waals surface area contributed by atoms with Gasteiger partial charge in [0.15, 0.2) is 17.9 Å². The van der Waals surface area contributed by atoms with E-state index >= 15 is 0 Å². The van der Waals surface area contributed by atoms with Gasteiger partial charge in [0.1, 0.15) is 18.1 Å². The maximum absolute atomic E-state index is 12.2. The van der Waals surface area contributed by atoms with Crippen LogP contribution < -0.4 is 21.3 Å². The second-order valence-electron chi connectivity index (χ2n) is 11.0. The lowest BCUT2D eigenvalue weighted by molar-refractivity contribution is -0.132. The van der Waals surface area contributed by atoms with Gasteiger partial charge >= 0.3 is 12.0 Å². The predicted molar refractivity (Wildman–Crippen MR) is 163 cm³/mol. The summed E-state index contributed by atoms with van der Waals surface area (Å²) in [5.74, 6) is -0.171. The van der Waals surface area contributed by atoms with Gasteiger partial charge in [-0.15, -0.1) is 0 Å². The molecule has 3 aliphatic rings. The number of amides is 2. The van der Waals surface area contributed by atoms with Gasteiger partial charge in [0.05, 0.1) is 17.8 Å². The smallest absolute Gasteiger partial charge is 0.337 e. The number of nitrogens with two attached hydrogens (primary N) is 1. The molecular weight excluding hydrogens is 550 g/mol. The quantitative estimate of drug-likeness (QED) is 0.320. The van der Waals surface area contributed by atoms with Crippen LogP contribution in [0, 0.1) is 5.92 Å². The van der Waals surface area contributed by atoms with Gasteiger partial charge in [-0.3, -0.25) is 5.32 Å². The lowest BCUT2D eigenvalue weighted by Crippen LogP contribution is -2.47. The highest BCUT2D eigenvalue weighted by atomic mass is 16.6. The molecule has 5 atom stereocenters. The number of carbonyl (C=O) groups is 2. The number of nitrogens with one attached hydrogen (secondary N) is 2. The summed E-state index contributed by atoms with van der Waals surface area (Å²) in [4.78, 5) is 36.8. The Morgan fingerprint density at radius 2 is 1.95 bits per heavy atom. The van der Waals surface area contributed by atoms with Crippen LogP contribution in [-0.4, -0.2) is 77.1 Å². The van der Waals surface area contributed by atoms with Crippen molar-refractivity contribution in [3.8, 4) is 0 Å². The van der Waals surface area contributed by atoms with Crippen molar-refractivity contribution in [2.45, 2.75) is 64.1 Å². The first-order chi connectivity index (χ1) is 20.8. The van der Waals surface area contributed by atoms with Gasteiger partial charge in [-0.2, -0.15) is 0 Å². The van der Waals surface area contributed by atoms with Crippen molar-refractivity contribution < 1.29 is 24.2 Å². The minimum atomic E-state index is -0.930. The number of nitrogens with zero attached hydrogens (tertiary/aromatic N) is 4.